The summed E-state index contributed by atoms with van der Waals surface area (Å²) >= 11 is 0. The summed E-state index contributed by atoms with van der Waals surface area (Å²) in [4.78, 5) is 0. The molecule has 15 heavy (non-hydrogen) atoms. The largest absolute Gasteiger partial charge is 0.392 e. The predicted octanol–water partition coefficient (Wildman–Crippen LogP) is 2.07. The molecule has 1 aliphatic heterocycles. The van der Waals surface area contributed by atoms with E-state index in [0.717, 1.165) is 18.7 Å². The molecule has 2 nitrogen and oxygen atoms in total. The normalized spacial score (nSPS) is 17.1. The highest BCUT2D eigenvalue weighted by Crippen LogP contribution is 2.25. The van der Waals surface area contributed by atoms with Crippen LogP contribution in [-0.4, -0.2) is 18.2 Å². The molecule has 0 saturated carbocycles. The molecule has 0 amide bonds. The van der Waals surface area contributed by atoms with Crippen molar-refractivity contribution in [3.8, 4) is 0 Å². The summed E-state index contributed by atoms with van der Waals surface area (Å²) in [6, 6.07) is 8.36. The fourth-order valence-corrected chi connectivity index (χ4v) is 2.05. The number of benzene rings is 1. The average molecular weight is 228 g/mol. The Bertz CT molecular complexity index is 280. The number of halogens is 1. The van der Waals surface area contributed by atoms with E-state index in [0.29, 0.717) is 5.92 Å². The van der Waals surface area contributed by atoms with E-state index in [2.05, 4.69) is 17.4 Å². The van der Waals surface area contributed by atoms with Gasteiger partial charge in [0.15, 0.2) is 0 Å². The molecule has 2 N–H and O–H groups in total. The van der Waals surface area contributed by atoms with Gasteiger partial charge in [0.2, 0.25) is 0 Å². The van der Waals surface area contributed by atoms with Gasteiger partial charge in [-0.25, -0.2) is 0 Å². The standard InChI is InChI=1S/C12H17NO.ClH/c14-9-10-1-3-11(4-2-10)12-5-7-13-8-6-12;/h1-4,12-14H,5-9H2;1H. The molecule has 1 saturated heterocycles. The highest BCUT2D eigenvalue weighted by molar-refractivity contribution is 5.85. The van der Waals surface area contributed by atoms with Gasteiger partial charge in [0.25, 0.3) is 0 Å². The Balaban J connectivity index is 0.00000112. The van der Waals surface area contributed by atoms with Crippen LogP contribution in [0.4, 0.5) is 0 Å². The number of aliphatic hydroxyl groups is 1. The number of piperidine rings is 1. The second kappa shape index (κ2) is 6.11. The monoisotopic (exact) mass is 227 g/mol. The zero-order chi connectivity index (χ0) is 9.80. The number of hydrogen-bond donors (Lipinski definition) is 2. The summed E-state index contributed by atoms with van der Waals surface area (Å²) in [6.07, 6.45) is 2.47. The van der Waals surface area contributed by atoms with E-state index in [1.54, 1.807) is 0 Å². The fourth-order valence-electron chi connectivity index (χ4n) is 2.05. The minimum atomic E-state index is 0. The summed E-state index contributed by atoms with van der Waals surface area (Å²) in [7, 11) is 0. The topological polar surface area (TPSA) is 32.3 Å². The van der Waals surface area contributed by atoms with Gasteiger partial charge in [-0.15, -0.1) is 12.4 Å². The van der Waals surface area contributed by atoms with Crippen molar-refractivity contribution in [2.24, 2.45) is 0 Å². The summed E-state index contributed by atoms with van der Waals surface area (Å²) in [5, 5.41) is 12.3. The number of nitrogens with one attached hydrogen (secondary N) is 1. The van der Waals surface area contributed by atoms with Crippen molar-refractivity contribution in [1.82, 2.24) is 5.32 Å². The van der Waals surface area contributed by atoms with Gasteiger partial charge in [0.05, 0.1) is 6.61 Å². The number of hydrogen-bond acceptors (Lipinski definition) is 2. The molecule has 0 radical (unpaired) electrons. The molecule has 84 valence electrons. The van der Waals surface area contributed by atoms with Crippen molar-refractivity contribution >= 4 is 12.4 Å². The Kier molecular flexibility index (Phi) is 5.09. The van der Waals surface area contributed by atoms with Gasteiger partial charge in [-0.3, -0.25) is 0 Å². The molecule has 0 aliphatic carbocycles. The molecule has 1 aromatic rings. The van der Waals surface area contributed by atoms with Gasteiger partial charge in [-0.05, 0) is 43.0 Å². The minimum absolute atomic E-state index is 0. The van der Waals surface area contributed by atoms with Crippen LogP contribution in [0.1, 0.15) is 29.9 Å². The van der Waals surface area contributed by atoms with Gasteiger partial charge >= 0.3 is 0 Å². The average Bonchev–Trinajstić information content (AvgIpc) is 2.30. The smallest absolute Gasteiger partial charge is 0.0681 e. The highest BCUT2D eigenvalue weighted by atomic mass is 35.5. The number of aliphatic hydroxyl groups excluding tert-OH is 1. The van der Waals surface area contributed by atoms with E-state index in [1.807, 2.05) is 12.1 Å². The van der Waals surface area contributed by atoms with E-state index >= 15 is 0 Å². The van der Waals surface area contributed by atoms with Gasteiger partial charge in [0, 0.05) is 0 Å². The molecule has 1 aliphatic rings. The lowest BCUT2D eigenvalue weighted by Crippen LogP contribution is -2.26. The van der Waals surface area contributed by atoms with Gasteiger partial charge < -0.3 is 10.4 Å². The minimum Gasteiger partial charge on any atom is -0.392 e. The summed E-state index contributed by atoms with van der Waals surface area (Å²) < 4.78 is 0. The summed E-state index contributed by atoms with van der Waals surface area (Å²) in [5.41, 5.74) is 2.42. The van der Waals surface area contributed by atoms with Crippen molar-refractivity contribution < 1.29 is 5.11 Å². The molecule has 1 heterocycles. The van der Waals surface area contributed by atoms with Crippen LogP contribution in [0.25, 0.3) is 0 Å². The van der Waals surface area contributed by atoms with Crippen LogP contribution >= 0.6 is 12.4 Å². The predicted molar refractivity (Wildman–Crippen MR) is 64.5 cm³/mol. The van der Waals surface area contributed by atoms with Crippen molar-refractivity contribution in [2.45, 2.75) is 25.4 Å². The zero-order valence-electron chi connectivity index (χ0n) is 8.78. The van der Waals surface area contributed by atoms with Crippen molar-refractivity contribution in [3.05, 3.63) is 35.4 Å². The molecular weight excluding hydrogens is 210 g/mol. The summed E-state index contributed by atoms with van der Waals surface area (Å²) in [6.45, 7) is 2.41. The van der Waals surface area contributed by atoms with Gasteiger partial charge in [0.1, 0.15) is 0 Å². The number of rotatable bonds is 2. The fraction of sp³-hybridized carbons (Fsp3) is 0.500. The molecule has 3 heteroatoms. The maximum Gasteiger partial charge on any atom is 0.0681 e. The van der Waals surface area contributed by atoms with Crippen LogP contribution in [0, 0.1) is 0 Å². The zero-order valence-corrected chi connectivity index (χ0v) is 9.59. The Morgan fingerprint density at radius 1 is 1.13 bits per heavy atom. The van der Waals surface area contributed by atoms with Crippen LogP contribution in [0.15, 0.2) is 24.3 Å². The van der Waals surface area contributed by atoms with E-state index < -0.39 is 0 Å². The molecule has 0 unspecified atom stereocenters. The first-order valence-electron chi connectivity index (χ1n) is 5.30. The SMILES string of the molecule is Cl.OCc1ccc(C2CCNCC2)cc1. The first-order valence-corrected chi connectivity index (χ1v) is 5.30. The Morgan fingerprint density at radius 3 is 2.27 bits per heavy atom. The Labute approximate surface area is 97.1 Å². The van der Waals surface area contributed by atoms with Crippen LogP contribution in [0.2, 0.25) is 0 Å². The third kappa shape index (κ3) is 3.20. The lowest BCUT2D eigenvalue weighted by atomic mass is 9.90. The molecule has 1 aromatic carbocycles. The third-order valence-corrected chi connectivity index (χ3v) is 2.97. The van der Waals surface area contributed by atoms with E-state index in [-0.39, 0.29) is 19.0 Å². The van der Waals surface area contributed by atoms with Crippen LogP contribution < -0.4 is 5.32 Å². The Morgan fingerprint density at radius 2 is 1.73 bits per heavy atom. The van der Waals surface area contributed by atoms with Crippen molar-refractivity contribution in [3.63, 3.8) is 0 Å². The molecule has 0 atom stereocenters. The maximum absolute atomic E-state index is 8.93. The molecule has 0 bridgehead atoms. The lowest BCUT2D eigenvalue weighted by Gasteiger charge is -2.23. The second-order valence-electron chi connectivity index (χ2n) is 3.92. The first-order chi connectivity index (χ1) is 6.90. The maximum atomic E-state index is 8.93. The van der Waals surface area contributed by atoms with E-state index in [9.17, 15) is 0 Å². The second-order valence-corrected chi connectivity index (χ2v) is 3.92. The third-order valence-electron chi connectivity index (χ3n) is 2.97. The summed E-state index contributed by atoms with van der Waals surface area (Å²) in [5.74, 6) is 0.712. The molecule has 2 rings (SSSR count). The quantitative estimate of drug-likeness (QED) is 0.811. The highest BCUT2D eigenvalue weighted by Gasteiger charge is 2.14. The Hall–Kier alpha value is -0.570. The van der Waals surface area contributed by atoms with E-state index in [4.69, 9.17) is 5.11 Å². The molecule has 1 fully saturated rings. The van der Waals surface area contributed by atoms with E-state index in [1.165, 1.54) is 18.4 Å². The van der Waals surface area contributed by atoms with Crippen molar-refractivity contribution in [1.29, 1.82) is 0 Å². The van der Waals surface area contributed by atoms with Crippen molar-refractivity contribution in [2.75, 3.05) is 13.1 Å². The van der Waals surface area contributed by atoms with Crippen LogP contribution in [0.3, 0.4) is 0 Å². The molecule has 0 aromatic heterocycles. The molecular formula is C12H18ClNO. The van der Waals surface area contributed by atoms with Crippen LogP contribution in [-0.2, 0) is 6.61 Å². The lowest BCUT2D eigenvalue weighted by molar-refractivity contribution is 0.282. The van der Waals surface area contributed by atoms with Crippen LogP contribution in [0.5, 0.6) is 0 Å². The van der Waals surface area contributed by atoms with Gasteiger partial charge in [-0.1, -0.05) is 24.3 Å². The van der Waals surface area contributed by atoms with Gasteiger partial charge in [-0.2, -0.15) is 0 Å². The molecule has 0 spiro atoms. The first kappa shape index (κ1) is 12.5.